The highest BCUT2D eigenvalue weighted by Crippen LogP contribution is 2.24. The third-order valence-electron chi connectivity index (χ3n) is 4.27. The summed E-state index contributed by atoms with van der Waals surface area (Å²) in [5.41, 5.74) is 1.30. The molecule has 0 aliphatic carbocycles. The molecule has 2 aromatic rings. The van der Waals surface area contributed by atoms with Gasteiger partial charge in [0.25, 0.3) is 0 Å². The highest BCUT2D eigenvalue weighted by atomic mass is 32.2. The number of carboxylic acid groups (broad SMARTS) is 1. The summed E-state index contributed by atoms with van der Waals surface area (Å²) in [6, 6.07) is 10.7. The van der Waals surface area contributed by atoms with Gasteiger partial charge in [-0.1, -0.05) is 18.2 Å². The van der Waals surface area contributed by atoms with E-state index < -0.39 is 21.2 Å². The molecule has 1 aromatic carbocycles. The van der Waals surface area contributed by atoms with Crippen molar-refractivity contribution in [2.24, 2.45) is 0 Å². The summed E-state index contributed by atoms with van der Waals surface area (Å²) in [7, 11) is -3.48. The molecule has 25 heavy (non-hydrogen) atoms. The SMILES string of the molecule is O=C(O)c1sccc1CN1CCCC(S(=O)(=O)Nc2ccccc2)C1. The van der Waals surface area contributed by atoms with E-state index >= 15 is 0 Å². The van der Waals surface area contributed by atoms with Crippen LogP contribution in [-0.2, 0) is 16.6 Å². The van der Waals surface area contributed by atoms with Gasteiger partial charge in [-0.2, -0.15) is 0 Å². The van der Waals surface area contributed by atoms with Crippen molar-refractivity contribution in [2.45, 2.75) is 24.6 Å². The summed E-state index contributed by atoms with van der Waals surface area (Å²) in [4.78, 5) is 13.6. The van der Waals surface area contributed by atoms with Crippen LogP contribution in [0.4, 0.5) is 5.69 Å². The van der Waals surface area contributed by atoms with Gasteiger partial charge in [-0.05, 0) is 48.5 Å². The number of sulfonamides is 1. The van der Waals surface area contributed by atoms with Gasteiger partial charge in [0.05, 0.1) is 5.25 Å². The van der Waals surface area contributed by atoms with Gasteiger partial charge in [0.15, 0.2) is 0 Å². The van der Waals surface area contributed by atoms with Crippen molar-refractivity contribution in [3.63, 3.8) is 0 Å². The van der Waals surface area contributed by atoms with Crippen LogP contribution in [0.1, 0.15) is 28.1 Å². The summed E-state index contributed by atoms with van der Waals surface area (Å²) >= 11 is 1.20. The number of benzene rings is 1. The van der Waals surface area contributed by atoms with E-state index in [4.69, 9.17) is 0 Å². The molecule has 0 bridgehead atoms. The van der Waals surface area contributed by atoms with E-state index in [9.17, 15) is 18.3 Å². The third kappa shape index (κ3) is 4.39. The Labute approximate surface area is 151 Å². The number of likely N-dealkylation sites (tertiary alicyclic amines) is 1. The van der Waals surface area contributed by atoms with E-state index in [1.165, 1.54) is 11.3 Å². The highest BCUT2D eigenvalue weighted by molar-refractivity contribution is 7.93. The summed E-state index contributed by atoms with van der Waals surface area (Å²) in [6.45, 7) is 1.63. The van der Waals surface area contributed by atoms with E-state index in [0.717, 1.165) is 18.5 Å². The van der Waals surface area contributed by atoms with Gasteiger partial charge in [0.2, 0.25) is 10.0 Å². The number of hydrogen-bond acceptors (Lipinski definition) is 5. The average Bonchev–Trinajstić information content (AvgIpc) is 3.04. The maximum Gasteiger partial charge on any atom is 0.346 e. The third-order valence-corrected chi connectivity index (χ3v) is 7.00. The van der Waals surface area contributed by atoms with Crippen LogP contribution in [0.2, 0.25) is 0 Å². The van der Waals surface area contributed by atoms with E-state index in [1.54, 1.807) is 35.7 Å². The lowest BCUT2D eigenvalue weighted by Crippen LogP contribution is -2.43. The van der Waals surface area contributed by atoms with Crippen molar-refractivity contribution in [1.82, 2.24) is 4.90 Å². The van der Waals surface area contributed by atoms with E-state index in [1.807, 2.05) is 11.0 Å². The lowest BCUT2D eigenvalue weighted by atomic mass is 10.1. The van der Waals surface area contributed by atoms with E-state index in [-0.39, 0.29) is 0 Å². The minimum absolute atomic E-state index is 0.326. The molecule has 1 fully saturated rings. The molecule has 6 nitrogen and oxygen atoms in total. The van der Waals surface area contributed by atoms with Crippen molar-refractivity contribution in [3.8, 4) is 0 Å². The van der Waals surface area contributed by atoms with Gasteiger partial charge in [-0.15, -0.1) is 11.3 Å². The molecule has 0 saturated carbocycles. The lowest BCUT2D eigenvalue weighted by Gasteiger charge is -2.32. The Bertz CT molecular complexity index is 833. The molecule has 0 amide bonds. The molecule has 1 aliphatic heterocycles. The molecule has 1 aromatic heterocycles. The first kappa shape index (κ1) is 17.9. The van der Waals surface area contributed by atoms with E-state index in [0.29, 0.717) is 30.1 Å². The number of nitrogens with zero attached hydrogens (tertiary/aromatic N) is 1. The van der Waals surface area contributed by atoms with Gasteiger partial charge < -0.3 is 5.11 Å². The first-order chi connectivity index (χ1) is 12.0. The minimum atomic E-state index is -3.48. The fourth-order valence-corrected chi connectivity index (χ4v) is 5.32. The van der Waals surface area contributed by atoms with Crippen LogP contribution in [-0.4, -0.2) is 42.7 Å². The second kappa shape index (κ2) is 7.55. The first-order valence-corrected chi connectivity index (χ1v) is 10.5. The lowest BCUT2D eigenvalue weighted by molar-refractivity contribution is 0.0699. The largest absolute Gasteiger partial charge is 0.477 e. The van der Waals surface area contributed by atoms with Gasteiger partial charge in [0, 0.05) is 18.8 Å². The van der Waals surface area contributed by atoms with Crippen molar-refractivity contribution >= 4 is 33.0 Å². The fourth-order valence-electron chi connectivity index (χ4n) is 3.05. The maximum atomic E-state index is 12.6. The average molecular weight is 380 g/mol. The van der Waals surface area contributed by atoms with Crippen LogP contribution in [0.3, 0.4) is 0 Å². The molecule has 0 radical (unpaired) electrons. The number of nitrogens with one attached hydrogen (secondary N) is 1. The Hall–Kier alpha value is -1.90. The zero-order valence-corrected chi connectivity index (χ0v) is 15.2. The molecule has 0 spiro atoms. The number of rotatable bonds is 6. The summed E-state index contributed by atoms with van der Waals surface area (Å²) < 4.78 is 27.9. The maximum absolute atomic E-state index is 12.6. The van der Waals surface area contributed by atoms with E-state index in [2.05, 4.69) is 4.72 Å². The number of piperidine rings is 1. The quantitative estimate of drug-likeness (QED) is 0.805. The number of aromatic carboxylic acids is 1. The molecule has 2 N–H and O–H groups in total. The Morgan fingerprint density at radius 3 is 2.76 bits per heavy atom. The second-order valence-electron chi connectivity index (χ2n) is 6.09. The zero-order valence-electron chi connectivity index (χ0n) is 13.6. The van der Waals surface area contributed by atoms with Gasteiger partial charge in [0.1, 0.15) is 4.88 Å². The standard InChI is InChI=1S/C17H20N2O4S2/c20-17(21)16-13(8-10-24-16)11-19-9-4-7-15(12-19)25(22,23)18-14-5-2-1-3-6-14/h1-3,5-6,8,10,15,18H,4,7,9,11-12H2,(H,20,21). The van der Waals surface area contributed by atoms with Crippen LogP contribution in [0.5, 0.6) is 0 Å². The summed E-state index contributed by atoms with van der Waals surface area (Å²) in [5, 5.41) is 10.5. The van der Waals surface area contributed by atoms with Crippen molar-refractivity contribution in [1.29, 1.82) is 0 Å². The number of carbonyl (C=O) groups is 1. The van der Waals surface area contributed by atoms with Crippen LogP contribution >= 0.6 is 11.3 Å². The summed E-state index contributed by atoms with van der Waals surface area (Å²) in [5.74, 6) is -0.933. The van der Waals surface area contributed by atoms with Crippen molar-refractivity contribution in [3.05, 3.63) is 52.2 Å². The molecule has 3 rings (SSSR count). The Morgan fingerprint density at radius 1 is 1.28 bits per heavy atom. The Kier molecular flexibility index (Phi) is 5.41. The topological polar surface area (TPSA) is 86.7 Å². The highest BCUT2D eigenvalue weighted by Gasteiger charge is 2.31. The predicted octanol–water partition coefficient (Wildman–Crippen LogP) is 2.85. The fraction of sp³-hybridized carbons (Fsp3) is 0.353. The minimum Gasteiger partial charge on any atom is -0.477 e. The van der Waals surface area contributed by atoms with Crippen LogP contribution in [0, 0.1) is 0 Å². The molecule has 134 valence electrons. The molecule has 1 saturated heterocycles. The zero-order chi connectivity index (χ0) is 17.9. The van der Waals surface area contributed by atoms with Crippen LogP contribution in [0.15, 0.2) is 41.8 Å². The smallest absolute Gasteiger partial charge is 0.346 e. The molecular formula is C17H20N2O4S2. The number of thiophene rings is 1. The first-order valence-electron chi connectivity index (χ1n) is 8.04. The molecule has 8 heteroatoms. The second-order valence-corrected chi connectivity index (χ2v) is 8.97. The molecular weight excluding hydrogens is 360 g/mol. The Balaban J connectivity index is 1.68. The van der Waals surface area contributed by atoms with Gasteiger partial charge in [-0.25, -0.2) is 13.2 Å². The Morgan fingerprint density at radius 2 is 2.04 bits per heavy atom. The number of anilines is 1. The number of hydrogen-bond donors (Lipinski definition) is 2. The number of carboxylic acids is 1. The van der Waals surface area contributed by atoms with Crippen LogP contribution in [0.25, 0.3) is 0 Å². The molecule has 1 aliphatic rings. The van der Waals surface area contributed by atoms with Gasteiger partial charge >= 0.3 is 5.97 Å². The van der Waals surface area contributed by atoms with Crippen molar-refractivity contribution < 1.29 is 18.3 Å². The van der Waals surface area contributed by atoms with Crippen molar-refractivity contribution in [2.75, 3.05) is 17.8 Å². The predicted molar refractivity (Wildman–Crippen MR) is 98.6 cm³/mol. The monoisotopic (exact) mass is 380 g/mol. The van der Waals surface area contributed by atoms with Crippen LogP contribution < -0.4 is 4.72 Å². The summed E-state index contributed by atoms with van der Waals surface area (Å²) in [6.07, 6.45) is 1.38. The molecule has 1 atom stereocenters. The van der Waals surface area contributed by atoms with Gasteiger partial charge in [-0.3, -0.25) is 9.62 Å². The number of para-hydroxylation sites is 1. The molecule has 2 heterocycles. The normalized spacial score (nSPS) is 18.8. The molecule has 1 unspecified atom stereocenters.